The fraction of sp³-hybridized carbons (Fsp3) is 0.667. The number of ether oxygens (including phenoxy) is 1. The van der Waals surface area contributed by atoms with E-state index in [1.165, 1.54) is 4.88 Å². The van der Waals surface area contributed by atoms with Gasteiger partial charge in [-0.1, -0.05) is 11.6 Å². The van der Waals surface area contributed by atoms with Crippen molar-refractivity contribution in [2.45, 2.75) is 32.0 Å². The summed E-state index contributed by atoms with van der Waals surface area (Å²) in [5.74, 6) is 0. The number of morpholine rings is 1. The molecule has 0 aliphatic carbocycles. The van der Waals surface area contributed by atoms with Gasteiger partial charge in [0, 0.05) is 30.1 Å². The fourth-order valence-corrected chi connectivity index (χ4v) is 3.04. The predicted octanol–water partition coefficient (Wildman–Crippen LogP) is 2.26. The first-order valence-electron chi connectivity index (χ1n) is 6.03. The Labute approximate surface area is 112 Å². The predicted molar refractivity (Wildman–Crippen MR) is 72.9 cm³/mol. The summed E-state index contributed by atoms with van der Waals surface area (Å²) in [6.45, 7) is 5.75. The molecule has 2 atom stereocenters. The molecule has 5 heteroatoms. The van der Waals surface area contributed by atoms with Crippen LogP contribution in [0.4, 0.5) is 0 Å². The smallest absolute Gasteiger partial charge is 0.0931 e. The van der Waals surface area contributed by atoms with E-state index in [1.807, 2.05) is 6.07 Å². The van der Waals surface area contributed by atoms with Gasteiger partial charge in [0.15, 0.2) is 0 Å². The molecule has 17 heavy (non-hydrogen) atoms. The van der Waals surface area contributed by atoms with Crippen LogP contribution in [-0.4, -0.2) is 31.8 Å². The molecule has 0 aromatic carbocycles. The van der Waals surface area contributed by atoms with Crippen LogP contribution in [0.3, 0.4) is 0 Å². The quantitative estimate of drug-likeness (QED) is 0.864. The number of hydrogen-bond acceptors (Lipinski definition) is 4. The number of nitrogens with one attached hydrogen (secondary N) is 2. The lowest BCUT2D eigenvalue weighted by Crippen LogP contribution is -2.44. The molecule has 1 aliphatic rings. The lowest BCUT2D eigenvalue weighted by Gasteiger charge is -2.26. The van der Waals surface area contributed by atoms with Gasteiger partial charge in [0.05, 0.1) is 17.6 Å². The Bertz CT molecular complexity index is 339. The zero-order valence-electron chi connectivity index (χ0n) is 10.0. The molecule has 1 aromatic rings. The largest absolute Gasteiger partial charge is 0.379 e. The standard InChI is InChI=1S/C12H19ClN2OS/c1-9(6-10-8-16-5-4-14-10)15-7-11-2-3-12(13)17-11/h2-3,9-10,14-15H,4-8H2,1H3. The second-order valence-corrected chi connectivity index (χ2v) is 6.25. The van der Waals surface area contributed by atoms with E-state index in [-0.39, 0.29) is 0 Å². The summed E-state index contributed by atoms with van der Waals surface area (Å²) in [6, 6.07) is 4.99. The zero-order chi connectivity index (χ0) is 12.1. The molecule has 2 N–H and O–H groups in total. The van der Waals surface area contributed by atoms with Gasteiger partial charge >= 0.3 is 0 Å². The van der Waals surface area contributed by atoms with E-state index in [2.05, 4.69) is 23.6 Å². The van der Waals surface area contributed by atoms with Gasteiger partial charge in [-0.2, -0.15) is 0 Å². The summed E-state index contributed by atoms with van der Waals surface area (Å²) in [4.78, 5) is 1.29. The van der Waals surface area contributed by atoms with Gasteiger partial charge in [-0.25, -0.2) is 0 Å². The molecule has 96 valence electrons. The van der Waals surface area contributed by atoms with Crippen LogP contribution in [0, 0.1) is 0 Å². The molecule has 2 rings (SSSR count). The number of thiophene rings is 1. The molecule has 2 unspecified atom stereocenters. The van der Waals surface area contributed by atoms with Gasteiger partial charge in [-0.05, 0) is 25.5 Å². The lowest BCUT2D eigenvalue weighted by molar-refractivity contribution is 0.0712. The van der Waals surface area contributed by atoms with Crippen molar-refractivity contribution in [2.75, 3.05) is 19.8 Å². The summed E-state index contributed by atoms with van der Waals surface area (Å²) in [7, 11) is 0. The van der Waals surface area contributed by atoms with Crippen molar-refractivity contribution in [3.05, 3.63) is 21.3 Å². The highest BCUT2D eigenvalue weighted by Gasteiger charge is 2.15. The zero-order valence-corrected chi connectivity index (χ0v) is 11.6. The molecule has 1 aliphatic heterocycles. The maximum absolute atomic E-state index is 5.90. The Balaban J connectivity index is 1.68. The Hall–Kier alpha value is -0.130. The number of rotatable bonds is 5. The summed E-state index contributed by atoms with van der Waals surface area (Å²) in [6.07, 6.45) is 1.10. The SMILES string of the molecule is CC(CC1COCCN1)NCc1ccc(Cl)s1. The van der Waals surface area contributed by atoms with Gasteiger partial charge in [-0.3, -0.25) is 0 Å². The van der Waals surface area contributed by atoms with Crippen LogP contribution in [-0.2, 0) is 11.3 Å². The first-order chi connectivity index (χ1) is 8.24. The third-order valence-corrected chi connectivity index (χ3v) is 4.12. The van der Waals surface area contributed by atoms with E-state index in [1.54, 1.807) is 11.3 Å². The van der Waals surface area contributed by atoms with Crippen molar-refractivity contribution in [1.82, 2.24) is 10.6 Å². The van der Waals surface area contributed by atoms with Crippen LogP contribution >= 0.6 is 22.9 Å². The van der Waals surface area contributed by atoms with E-state index in [4.69, 9.17) is 16.3 Å². The molecular formula is C12H19ClN2OS. The Morgan fingerprint density at radius 3 is 3.18 bits per heavy atom. The molecular weight excluding hydrogens is 256 g/mol. The van der Waals surface area contributed by atoms with E-state index in [9.17, 15) is 0 Å². The second kappa shape index (κ2) is 6.71. The monoisotopic (exact) mass is 274 g/mol. The molecule has 0 bridgehead atoms. The minimum absolute atomic E-state index is 0.482. The molecule has 3 nitrogen and oxygen atoms in total. The van der Waals surface area contributed by atoms with Crippen molar-refractivity contribution >= 4 is 22.9 Å². The van der Waals surface area contributed by atoms with Gasteiger partial charge in [0.2, 0.25) is 0 Å². The average molecular weight is 275 g/mol. The minimum atomic E-state index is 0.482. The summed E-state index contributed by atoms with van der Waals surface area (Å²) in [5, 5.41) is 6.98. The van der Waals surface area contributed by atoms with Gasteiger partial charge in [0.25, 0.3) is 0 Å². The average Bonchev–Trinajstić information content (AvgIpc) is 2.74. The molecule has 0 spiro atoms. The first kappa shape index (κ1) is 13.3. The van der Waals surface area contributed by atoms with Crippen LogP contribution in [0.25, 0.3) is 0 Å². The Kier molecular flexibility index (Phi) is 5.25. The second-order valence-electron chi connectivity index (χ2n) is 4.45. The van der Waals surface area contributed by atoms with E-state index >= 15 is 0 Å². The number of halogens is 1. The lowest BCUT2D eigenvalue weighted by atomic mass is 10.1. The van der Waals surface area contributed by atoms with E-state index < -0.39 is 0 Å². The van der Waals surface area contributed by atoms with Crippen LogP contribution < -0.4 is 10.6 Å². The van der Waals surface area contributed by atoms with Gasteiger partial charge in [-0.15, -0.1) is 11.3 Å². The molecule has 0 radical (unpaired) electrons. The molecule has 0 amide bonds. The molecule has 0 saturated carbocycles. The molecule has 1 aromatic heterocycles. The van der Waals surface area contributed by atoms with Crippen molar-refractivity contribution < 1.29 is 4.74 Å². The van der Waals surface area contributed by atoms with E-state index in [0.29, 0.717) is 12.1 Å². The highest BCUT2D eigenvalue weighted by atomic mass is 35.5. The minimum Gasteiger partial charge on any atom is -0.379 e. The fourth-order valence-electron chi connectivity index (χ4n) is 2.00. The third kappa shape index (κ3) is 4.56. The van der Waals surface area contributed by atoms with Crippen molar-refractivity contribution in [3.63, 3.8) is 0 Å². The van der Waals surface area contributed by atoms with Crippen LogP contribution in [0.2, 0.25) is 4.34 Å². The van der Waals surface area contributed by atoms with Crippen molar-refractivity contribution in [2.24, 2.45) is 0 Å². The highest BCUT2D eigenvalue weighted by Crippen LogP contribution is 2.21. The highest BCUT2D eigenvalue weighted by molar-refractivity contribution is 7.16. The Morgan fingerprint density at radius 1 is 1.65 bits per heavy atom. The van der Waals surface area contributed by atoms with Crippen molar-refractivity contribution in [1.29, 1.82) is 0 Å². The maximum atomic E-state index is 5.90. The molecule has 1 saturated heterocycles. The topological polar surface area (TPSA) is 33.3 Å². The van der Waals surface area contributed by atoms with Gasteiger partial charge in [0.1, 0.15) is 0 Å². The van der Waals surface area contributed by atoms with Crippen LogP contribution in [0.5, 0.6) is 0 Å². The summed E-state index contributed by atoms with van der Waals surface area (Å²) in [5.41, 5.74) is 0. The van der Waals surface area contributed by atoms with E-state index in [0.717, 1.165) is 37.1 Å². The van der Waals surface area contributed by atoms with Crippen LogP contribution in [0.1, 0.15) is 18.2 Å². The third-order valence-electron chi connectivity index (χ3n) is 2.89. The Morgan fingerprint density at radius 2 is 2.53 bits per heavy atom. The maximum Gasteiger partial charge on any atom is 0.0931 e. The van der Waals surface area contributed by atoms with Gasteiger partial charge < -0.3 is 15.4 Å². The van der Waals surface area contributed by atoms with Crippen molar-refractivity contribution in [3.8, 4) is 0 Å². The normalized spacial score (nSPS) is 22.6. The summed E-state index contributed by atoms with van der Waals surface area (Å²) >= 11 is 7.53. The summed E-state index contributed by atoms with van der Waals surface area (Å²) < 4.78 is 6.30. The van der Waals surface area contributed by atoms with Crippen LogP contribution in [0.15, 0.2) is 12.1 Å². The molecule has 1 fully saturated rings. The first-order valence-corrected chi connectivity index (χ1v) is 7.22. The number of hydrogen-bond donors (Lipinski definition) is 2. The molecule has 2 heterocycles.